The van der Waals surface area contributed by atoms with Gasteiger partial charge in [-0.15, -0.1) is 0 Å². The molecular formula is C22H23N5O. The summed E-state index contributed by atoms with van der Waals surface area (Å²) in [6, 6.07) is 18.2. The van der Waals surface area contributed by atoms with Gasteiger partial charge in [0.1, 0.15) is 11.6 Å². The van der Waals surface area contributed by atoms with Crippen LogP contribution in [-0.2, 0) is 13.0 Å². The Bertz CT molecular complexity index is 1040. The molecule has 0 aliphatic carbocycles. The van der Waals surface area contributed by atoms with Gasteiger partial charge in [0.25, 0.3) is 0 Å². The zero-order chi connectivity index (χ0) is 19.2. The van der Waals surface area contributed by atoms with Gasteiger partial charge < -0.3 is 20.4 Å². The van der Waals surface area contributed by atoms with Crippen LogP contribution in [0.25, 0.3) is 10.9 Å². The highest BCUT2D eigenvalue weighted by Gasteiger charge is 2.04. The first-order valence-electron chi connectivity index (χ1n) is 9.30. The summed E-state index contributed by atoms with van der Waals surface area (Å²) in [4.78, 5) is 12.1. The monoisotopic (exact) mass is 373 g/mol. The molecule has 2 aromatic heterocycles. The quantitative estimate of drug-likeness (QED) is 0.431. The highest BCUT2D eigenvalue weighted by atomic mass is 16.5. The summed E-state index contributed by atoms with van der Waals surface area (Å²) < 4.78 is 5.18. The van der Waals surface area contributed by atoms with E-state index in [2.05, 4.69) is 50.0 Å². The van der Waals surface area contributed by atoms with Crippen LogP contribution < -0.4 is 15.4 Å². The van der Waals surface area contributed by atoms with Crippen LogP contribution in [0.2, 0.25) is 0 Å². The molecule has 0 fully saturated rings. The van der Waals surface area contributed by atoms with E-state index in [1.165, 1.54) is 16.5 Å². The fourth-order valence-corrected chi connectivity index (χ4v) is 3.13. The Hall–Kier alpha value is -3.54. The fraction of sp³-hybridized carbons (Fsp3) is 0.182. The van der Waals surface area contributed by atoms with E-state index in [-0.39, 0.29) is 0 Å². The van der Waals surface area contributed by atoms with Crippen LogP contribution in [0, 0.1) is 0 Å². The van der Waals surface area contributed by atoms with Crippen molar-refractivity contribution >= 4 is 22.7 Å². The topological polar surface area (TPSA) is 74.9 Å². The van der Waals surface area contributed by atoms with E-state index >= 15 is 0 Å². The van der Waals surface area contributed by atoms with E-state index in [1.54, 1.807) is 13.3 Å². The lowest BCUT2D eigenvalue weighted by Crippen LogP contribution is -2.09. The predicted molar refractivity (Wildman–Crippen MR) is 113 cm³/mol. The molecule has 0 saturated heterocycles. The third-order valence-corrected chi connectivity index (χ3v) is 4.64. The maximum absolute atomic E-state index is 5.18. The van der Waals surface area contributed by atoms with Gasteiger partial charge in [-0.2, -0.15) is 4.98 Å². The lowest BCUT2D eigenvalue weighted by atomic mass is 10.1. The van der Waals surface area contributed by atoms with Crippen molar-refractivity contribution in [2.75, 3.05) is 24.3 Å². The van der Waals surface area contributed by atoms with E-state index in [9.17, 15) is 0 Å². The number of aromatic amines is 1. The number of para-hydroxylation sites is 1. The van der Waals surface area contributed by atoms with Crippen LogP contribution in [0.1, 0.15) is 11.1 Å². The zero-order valence-corrected chi connectivity index (χ0v) is 15.8. The number of H-pyrrole nitrogens is 1. The van der Waals surface area contributed by atoms with Crippen LogP contribution in [0.4, 0.5) is 11.8 Å². The molecule has 0 aliphatic rings. The van der Waals surface area contributed by atoms with Gasteiger partial charge in [0.15, 0.2) is 0 Å². The lowest BCUT2D eigenvalue weighted by Gasteiger charge is -2.09. The molecule has 6 nitrogen and oxygen atoms in total. The summed E-state index contributed by atoms with van der Waals surface area (Å²) in [6.07, 6.45) is 4.76. The SMILES string of the molecule is COc1ccc(CNc2nccc(NCCc3c[nH]c4ccccc34)n2)cc1. The molecule has 3 N–H and O–H groups in total. The number of aromatic nitrogens is 3. The number of methoxy groups -OCH3 is 1. The van der Waals surface area contributed by atoms with E-state index in [0.717, 1.165) is 30.1 Å². The molecule has 142 valence electrons. The number of nitrogens with zero attached hydrogens (tertiary/aromatic N) is 2. The predicted octanol–water partition coefficient (Wildman–Crippen LogP) is 4.23. The first-order valence-corrected chi connectivity index (χ1v) is 9.30. The highest BCUT2D eigenvalue weighted by Crippen LogP contribution is 2.18. The highest BCUT2D eigenvalue weighted by molar-refractivity contribution is 5.83. The molecule has 4 rings (SSSR count). The minimum absolute atomic E-state index is 0.605. The maximum Gasteiger partial charge on any atom is 0.224 e. The van der Waals surface area contributed by atoms with Crippen LogP contribution in [0.3, 0.4) is 0 Å². The molecule has 0 unspecified atom stereocenters. The molecule has 0 amide bonds. The number of fused-ring (bicyclic) bond motifs is 1. The van der Waals surface area contributed by atoms with Crippen LogP contribution in [0.5, 0.6) is 5.75 Å². The van der Waals surface area contributed by atoms with E-state index in [1.807, 2.05) is 36.4 Å². The van der Waals surface area contributed by atoms with Gasteiger partial charge in [-0.05, 0) is 41.8 Å². The lowest BCUT2D eigenvalue weighted by molar-refractivity contribution is 0.414. The van der Waals surface area contributed by atoms with Crippen molar-refractivity contribution in [1.29, 1.82) is 0 Å². The minimum atomic E-state index is 0.605. The number of hydrogen-bond acceptors (Lipinski definition) is 5. The third kappa shape index (κ3) is 4.23. The van der Waals surface area contributed by atoms with E-state index < -0.39 is 0 Å². The molecule has 2 heterocycles. The Labute approximate surface area is 164 Å². The molecule has 6 heteroatoms. The molecule has 0 aliphatic heterocycles. The summed E-state index contributed by atoms with van der Waals surface area (Å²) in [5.74, 6) is 2.27. The summed E-state index contributed by atoms with van der Waals surface area (Å²) >= 11 is 0. The normalized spacial score (nSPS) is 10.8. The molecule has 4 aromatic rings. The Morgan fingerprint density at radius 1 is 1.00 bits per heavy atom. The van der Waals surface area contributed by atoms with Crippen molar-refractivity contribution in [3.63, 3.8) is 0 Å². The molecule has 0 spiro atoms. The van der Waals surface area contributed by atoms with Gasteiger partial charge >= 0.3 is 0 Å². The van der Waals surface area contributed by atoms with Gasteiger partial charge in [0.2, 0.25) is 5.95 Å². The van der Waals surface area contributed by atoms with Crippen molar-refractivity contribution < 1.29 is 4.74 Å². The summed E-state index contributed by atoms with van der Waals surface area (Å²) in [5, 5.41) is 7.91. The first kappa shape index (κ1) is 17.9. The molecular weight excluding hydrogens is 350 g/mol. The second-order valence-corrected chi connectivity index (χ2v) is 6.50. The third-order valence-electron chi connectivity index (χ3n) is 4.64. The average molecular weight is 373 g/mol. The average Bonchev–Trinajstić information content (AvgIpc) is 3.16. The number of nitrogens with one attached hydrogen (secondary N) is 3. The Morgan fingerprint density at radius 3 is 2.71 bits per heavy atom. The minimum Gasteiger partial charge on any atom is -0.497 e. The summed E-state index contributed by atoms with van der Waals surface area (Å²) in [7, 11) is 1.66. The Morgan fingerprint density at radius 2 is 1.86 bits per heavy atom. The number of hydrogen-bond donors (Lipinski definition) is 3. The van der Waals surface area contributed by atoms with Crippen molar-refractivity contribution in [3.8, 4) is 5.75 Å². The van der Waals surface area contributed by atoms with Gasteiger partial charge in [0, 0.05) is 36.4 Å². The molecule has 0 bridgehead atoms. The van der Waals surface area contributed by atoms with Gasteiger partial charge in [0.05, 0.1) is 7.11 Å². The van der Waals surface area contributed by atoms with Gasteiger partial charge in [-0.1, -0.05) is 30.3 Å². The van der Waals surface area contributed by atoms with Crippen LogP contribution >= 0.6 is 0 Å². The standard InChI is InChI=1S/C22H23N5O/c1-28-18-8-6-16(7-9-18)14-26-22-24-13-11-21(27-22)23-12-10-17-15-25-20-5-3-2-4-19(17)20/h2-9,11,13,15,25H,10,12,14H2,1H3,(H2,23,24,26,27). The second-order valence-electron chi connectivity index (χ2n) is 6.50. The largest absolute Gasteiger partial charge is 0.497 e. The van der Waals surface area contributed by atoms with Crippen molar-refractivity contribution in [3.05, 3.63) is 78.1 Å². The number of benzene rings is 2. The molecule has 28 heavy (non-hydrogen) atoms. The van der Waals surface area contributed by atoms with Crippen molar-refractivity contribution in [1.82, 2.24) is 15.0 Å². The maximum atomic E-state index is 5.18. The van der Waals surface area contributed by atoms with Crippen molar-refractivity contribution in [2.24, 2.45) is 0 Å². The Kier molecular flexibility index (Phi) is 5.38. The van der Waals surface area contributed by atoms with Crippen LogP contribution in [-0.4, -0.2) is 28.6 Å². The molecule has 0 saturated carbocycles. The van der Waals surface area contributed by atoms with Gasteiger partial charge in [-0.25, -0.2) is 4.98 Å². The number of rotatable bonds is 8. The Balaban J connectivity index is 1.31. The fourth-order valence-electron chi connectivity index (χ4n) is 3.13. The summed E-state index contributed by atoms with van der Waals surface area (Å²) in [5.41, 5.74) is 3.61. The second kappa shape index (κ2) is 8.43. The van der Waals surface area contributed by atoms with E-state index in [0.29, 0.717) is 12.5 Å². The molecule has 0 atom stereocenters. The van der Waals surface area contributed by atoms with E-state index in [4.69, 9.17) is 4.74 Å². The smallest absolute Gasteiger partial charge is 0.224 e. The van der Waals surface area contributed by atoms with Gasteiger partial charge in [-0.3, -0.25) is 0 Å². The number of anilines is 2. The van der Waals surface area contributed by atoms with Crippen molar-refractivity contribution in [2.45, 2.75) is 13.0 Å². The molecule has 2 aromatic carbocycles. The zero-order valence-electron chi connectivity index (χ0n) is 15.8. The number of ether oxygens (including phenoxy) is 1. The van der Waals surface area contributed by atoms with Crippen LogP contribution in [0.15, 0.2) is 67.0 Å². The molecule has 0 radical (unpaired) electrons. The first-order chi connectivity index (χ1) is 13.8. The summed E-state index contributed by atoms with van der Waals surface area (Å²) in [6.45, 7) is 1.46.